The summed E-state index contributed by atoms with van der Waals surface area (Å²) in [6.07, 6.45) is 1.40. The number of nitrogens with zero attached hydrogens (tertiary/aromatic N) is 3. The first-order chi connectivity index (χ1) is 15.4. The van der Waals surface area contributed by atoms with Crippen molar-refractivity contribution < 1.29 is 17.9 Å². The van der Waals surface area contributed by atoms with Gasteiger partial charge < -0.3 is 4.74 Å². The Kier molecular flexibility index (Phi) is 7.93. The summed E-state index contributed by atoms with van der Waals surface area (Å²) in [4.78, 5) is 4.27. The summed E-state index contributed by atoms with van der Waals surface area (Å²) in [7, 11) is 0. The van der Waals surface area contributed by atoms with Crippen LogP contribution in [-0.4, -0.2) is 21.1 Å². The van der Waals surface area contributed by atoms with Crippen LogP contribution in [0, 0.1) is 18.8 Å². The van der Waals surface area contributed by atoms with Crippen molar-refractivity contribution in [2.75, 3.05) is 0 Å². The van der Waals surface area contributed by atoms with Crippen molar-refractivity contribution in [2.24, 2.45) is 0 Å². The molecule has 0 aliphatic rings. The number of halogens is 3. The molecule has 0 aliphatic heterocycles. The van der Waals surface area contributed by atoms with Crippen LogP contribution in [0.2, 0.25) is 0 Å². The van der Waals surface area contributed by atoms with Crippen molar-refractivity contribution >= 4 is 0 Å². The highest BCUT2D eigenvalue weighted by atomic mass is 19.4. The Hall–Kier alpha value is -3.27. The molecule has 2 heterocycles. The summed E-state index contributed by atoms with van der Waals surface area (Å²) in [6, 6.07) is 13.6. The molecule has 0 saturated carbocycles. The molecular formula is C25H26F3N3O. The number of ether oxygens (including phenoxy) is 1. The summed E-state index contributed by atoms with van der Waals surface area (Å²) in [5.74, 6) is 6.45. The van der Waals surface area contributed by atoms with Gasteiger partial charge in [-0.15, -0.1) is 19.1 Å². The van der Waals surface area contributed by atoms with Gasteiger partial charge in [0.1, 0.15) is 5.75 Å². The number of rotatable bonds is 8. The molecule has 0 fully saturated rings. The summed E-state index contributed by atoms with van der Waals surface area (Å²) >= 11 is 0. The fraction of sp³-hybridized carbons (Fsp3) is 0.360. The van der Waals surface area contributed by atoms with Gasteiger partial charge >= 0.3 is 6.36 Å². The molecule has 7 heteroatoms. The van der Waals surface area contributed by atoms with E-state index in [9.17, 15) is 13.2 Å². The van der Waals surface area contributed by atoms with Gasteiger partial charge in [0, 0.05) is 24.2 Å². The number of aromatic nitrogens is 3. The second-order valence-corrected chi connectivity index (χ2v) is 7.54. The van der Waals surface area contributed by atoms with Crippen molar-refractivity contribution in [1.29, 1.82) is 0 Å². The summed E-state index contributed by atoms with van der Waals surface area (Å²) < 4.78 is 42.8. The average molecular weight is 441 g/mol. The minimum absolute atomic E-state index is 0.251. The minimum atomic E-state index is -4.70. The molecule has 0 radical (unpaired) electrons. The normalized spacial score (nSPS) is 12.2. The molecule has 0 saturated heterocycles. The van der Waals surface area contributed by atoms with Crippen LogP contribution in [-0.2, 0) is 6.42 Å². The molecule has 4 nitrogen and oxygen atoms in total. The third kappa shape index (κ3) is 6.88. The van der Waals surface area contributed by atoms with Crippen molar-refractivity contribution in [1.82, 2.24) is 14.8 Å². The SMILES string of the molecule is CCCC(CCC#CCc1ccccn1)c1cc(C)n(-c2ccc(OC(F)(F)F)cc2)n1. The standard InChI is InChI=1S/C25H26F3N3O/c1-3-9-20(10-5-4-6-11-21-12-7-8-17-29-21)24-18-19(2)31(30-24)22-13-15-23(16-14-22)32-25(26,27)28/h7-8,12-18,20H,3,5,9-11H2,1-2H3. The van der Waals surface area contributed by atoms with E-state index in [1.165, 1.54) is 12.1 Å². The number of hydrogen-bond donors (Lipinski definition) is 0. The number of alkyl halides is 3. The van der Waals surface area contributed by atoms with Crippen LogP contribution in [0.15, 0.2) is 54.7 Å². The quantitative estimate of drug-likeness (QED) is 0.381. The average Bonchev–Trinajstić information content (AvgIpc) is 3.14. The maximum atomic E-state index is 12.4. The van der Waals surface area contributed by atoms with Crippen LogP contribution in [0.5, 0.6) is 5.75 Å². The zero-order valence-corrected chi connectivity index (χ0v) is 18.2. The Bertz CT molecular complexity index is 1050. The largest absolute Gasteiger partial charge is 0.573 e. The molecular weight excluding hydrogens is 415 g/mol. The van der Waals surface area contributed by atoms with E-state index in [1.807, 2.05) is 31.2 Å². The molecule has 0 amide bonds. The Labute approximate surface area is 186 Å². The number of pyridine rings is 1. The van der Waals surface area contributed by atoms with Crippen LogP contribution in [0.4, 0.5) is 13.2 Å². The summed E-state index contributed by atoms with van der Waals surface area (Å²) in [6.45, 7) is 4.08. The number of benzene rings is 1. The molecule has 2 aromatic heterocycles. The fourth-order valence-electron chi connectivity index (χ4n) is 3.53. The second-order valence-electron chi connectivity index (χ2n) is 7.54. The first-order valence-corrected chi connectivity index (χ1v) is 10.6. The van der Waals surface area contributed by atoms with Crippen molar-refractivity contribution in [3.05, 3.63) is 71.8 Å². The molecule has 0 bridgehead atoms. The molecule has 1 unspecified atom stereocenters. The molecule has 32 heavy (non-hydrogen) atoms. The molecule has 3 aromatic rings. The summed E-state index contributed by atoms with van der Waals surface area (Å²) in [5, 5.41) is 4.75. The van der Waals surface area contributed by atoms with E-state index in [1.54, 1.807) is 23.0 Å². The van der Waals surface area contributed by atoms with Crippen LogP contribution in [0.25, 0.3) is 5.69 Å². The van der Waals surface area contributed by atoms with Crippen LogP contribution >= 0.6 is 0 Å². The third-order valence-corrected chi connectivity index (χ3v) is 5.02. The van der Waals surface area contributed by atoms with Gasteiger partial charge in [0.2, 0.25) is 0 Å². The Morgan fingerprint density at radius 2 is 1.84 bits per heavy atom. The van der Waals surface area contributed by atoms with Gasteiger partial charge in [-0.2, -0.15) is 5.10 Å². The Balaban J connectivity index is 1.66. The predicted molar refractivity (Wildman–Crippen MR) is 118 cm³/mol. The predicted octanol–water partition coefficient (Wildman–Crippen LogP) is 6.38. The lowest BCUT2D eigenvalue weighted by Crippen LogP contribution is -2.17. The molecule has 0 N–H and O–H groups in total. The maximum absolute atomic E-state index is 12.4. The minimum Gasteiger partial charge on any atom is -0.406 e. The van der Waals surface area contributed by atoms with Gasteiger partial charge in [0.05, 0.1) is 23.5 Å². The Morgan fingerprint density at radius 3 is 2.50 bits per heavy atom. The monoisotopic (exact) mass is 441 g/mol. The lowest BCUT2D eigenvalue weighted by Gasteiger charge is -2.12. The maximum Gasteiger partial charge on any atom is 0.573 e. The van der Waals surface area contributed by atoms with E-state index >= 15 is 0 Å². The van der Waals surface area contributed by atoms with E-state index in [2.05, 4.69) is 28.5 Å². The Morgan fingerprint density at radius 1 is 1.06 bits per heavy atom. The molecule has 3 rings (SSSR count). The number of hydrogen-bond acceptors (Lipinski definition) is 3. The highest BCUT2D eigenvalue weighted by Gasteiger charge is 2.31. The topological polar surface area (TPSA) is 39.9 Å². The van der Waals surface area contributed by atoms with E-state index in [0.717, 1.165) is 42.8 Å². The lowest BCUT2D eigenvalue weighted by atomic mass is 9.94. The lowest BCUT2D eigenvalue weighted by molar-refractivity contribution is -0.274. The molecule has 0 spiro atoms. The molecule has 1 atom stereocenters. The van der Waals surface area contributed by atoms with Gasteiger partial charge in [-0.05, 0) is 62.2 Å². The zero-order chi connectivity index (χ0) is 23.0. The fourth-order valence-corrected chi connectivity index (χ4v) is 3.53. The van der Waals surface area contributed by atoms with Gasteiger partial charge in [-0.1, -0.05) is 25.3 Å². The first kappa shape index (κ1) is 23.4. The molecule has 168 valence electrons. The molecule has 0 aliphatic carbocycles. The third-order valence-electron chi connectivity index (χ3n) is 5.02. The van der Waals surface area contributed by atoms with E-state index < -0.39 is 6.36 Å². The second kappa shape index (κ2) is 10.9. The van der Waals surface area contributed by atoms with Gasteiger partial charge in [-0.3, -0.25) is 4.98 Å². The van der Waals surface area contributed by atoms with E-state index in [4.69, 9.17) is 5.10 Å². The highest BCUT2D eigenvalue weighted by molar-refractivity contribution is 5.38. The van der Waals surface area contributed by atoms with Crippen LogP contribution in [0.1, 0.15) is 55.6 Å². The number of aryl methyl sites for hydroxylation is 1. The van der Waals surface area contributed by atoms with E-state index in [0.29, 0.717) is 12.1 Å². The van der Waals surface area contributed by atoms with Crippen molar-refractivity contribution in [3.63, 3.8) is 0 Å². The van der Waals surface area contributed by atoms with Crippen molar-refractivity contribution in [2.45, 2.75) is 58.2 Å². The van der Waals surface area contributed by atoms with E-state index in [-0.39, 0.29) is 11.7 Å². The summed E-state index contributed by atoms with van der Waals surface area (Å²) in [5.41, 5.74) is 3.55. The van der Waals surface area contributed by atoms with Crippen LogP contribution in [0.3, 0.4) is 0 Å². The highest BCUT2D eigenvalue weighted by Crippen LogP contribution is 2.28. The first-order valence-electron chi connectivity index (χ1n) is 10.6. The van der Waals surface area contributed by atoms with Crippen LogP contribution < -0.4 is 4.74 Å². The zero-order valence-electron chi connectivity index (χ0n) is 18.2. The van der Waals surface area contributed by atoms with Gasteiger partial charge in [0.15, 0.2) is 0 Å². The van der Waals surface area contributed by atoms with Gasteiger partial charge in [0.25, 0.3) is 0 Å². The smallest absolute Gasteiger partial charge is 0.406 e. The van der Waals surface area contributed by atoms with Gasteiger partial charge in [-0.25, -0.2) is 4.68 Å². The molecule has 1 aromatic carbocycles. The van der Waals surface area contributed by atoms with Crippen molar-refractivity contribution in [3.8, 4) is 23.3 Å².